The van der Waals surface area contributed by atoms with Crippen LogP contribution in [-0.4, -0.2) is 27.7 Å². The van der Waals surface area contributed by atoms with Crippen molar-refractivity contribution in [2.75, 3.05) is 0 Å². The van der Waals surface area contributed by atoms with Crippen molar-refractivity contribution in [3.05, 3.63) is 47.3 Å². The van der Waals surface area contributed by atoms with E-state index in [1.54, 1.807) is 6.92 Å². The lowest BCUT2D eigenvalue weighted by atomic mass is 9.88. The number of hydrogen-bond donors (Lipinski definition) is 1. The average Bonchev–Trinajstić information content (AvgIpc) is 3.05. The van der Waals surface area contributed by atoms with Gasteiger partial charge >= 0.3 is 5.97 Å². The summed E-state index contributed by atoms with van der Waals surface area (Å²) in [5, 5.41) is 7.26. The molecule has 1 saturated carbocycles. The van der Waals surface area contributed by atoms with Gasteiger partial charge in [-0.1, -0.05) is 31.4 Å². The summed E-state index contributed by atoms with van der Waals surface area (Å²) in [6, 6.07) is 9.14. The highest BCUT2D eigenvalue weighted by Crippen LogP contribution is 2.23. The molecule has 1 aliphatic rings. The van der Waals surface area contributed by atoms with E-state index in [1.165, 1.54) is 6.42 Å². The molecule has 6 nitrogen and oxygen atoms in total. The van der Waals surface area contributed by atoms with Gasteiger partial charge in [-0.2, -0.15) is 5.10 Å². The largest absolute Gasteiger partial charge is 0.459 e. The minimum atomic E-state index is -0.636. The third-order valence-electron chi connectivity index (χ3n) is 5.26. The lowest BCUT2D eigenvalue weighted by Crippen LogP contribution is -2.42. The van der Waals surface area contributed by atoms with Crippen LogP contribution in [0.5, 0.6) is 0 Å². The number of rotatable bonds is 6. The quantitative estimate of drug-likeness (QED) is 0.773. The van der Waals surface area contributed by atoms with Crippen LogP contribution >= 0.6 is 0 Å². The van der Waals surface area contributed by atoms with E-state index >= 15 is 0 Å². The van der Waals surface area contributed by atoms with E-state index in [1.807, 2.05) is 48.9 Å². The van der Waals surface area contributed by atoms with Crippen molar-refractivity contribution in [1.82, 2.24) is 15.1 Å². The van der Waals surface area contributed by atoms with Crippen LogP contribution < -0.4 is 5.32 Å². The average molecular weight is 383 g/mol. The molecule has 0 aliphatic heterocycles. The highest BCUT2D eigenvalue weighted by Gasteiger charge is 2.24. The van der Waals surface area contributed by atoms with Gasteiger partial charge in [-0.3, -0.25) is 4.79 Å². The second kappa shape index (κ2) is 9.04. The Morgan fingerprint density at radius 1 is 1.18 bits per heavy atom. The second-order valence-electron chi connectivity index (χ2n) is 7.68. The molecule has 0 radical (unpaired) electrons. The van der Waals surface area contributed by atoms with Crippen LogP contribution in [0, 0.1) is 19.8 Å². The van der Waals surface area contributed by atoms with E-state index in [9.17, 15) is 9.59 Å². The van der Waals surface area contributed by atoms with Crippen molar-refractivity contribution in [1.29, 1.82) is 0 Å². The van der Waals surface area contributed by atoms with Crippen molar-refractivity contribution in [2.45, 2.75) is 65.5 Å². The number of benzene rings is 1. The summed E-state index contributed by atoms with van der Waals surface area (Å²) in [5.74, 6) is -0.406. The molecule has 28 heavy (non-hydrogen) atoms. The number of hydrogen-bond acceptors (Lipinski definition) is 4. The first-order valence-corrected chi connectivity index (χ1v) is 10.0. The monoisotopic (exact) mass is 383 g/mol. The van der Waals surface area contributed by atoms with Gasteiger partial charge < -0.3 is 10.1 Å². The number of aromatic nitrogens is 2. The van der Waals surface area contributed by atoms with Gasteiger partial charge in [-0.25, -0.2) is 9.48 Å². The number of amides is 1. The van der Waals surface area contributed by atoms with Crippen molar-refractivity contribution < 1.29 is 14.3 Å². The Morgan fingerprint density at radius 2 is 1.86 bits per heavy atom. The molecule has 150 valence electrons. The second-order valence-corrected chi connectivity index (χ2v) is 7.68. The molecule has 1 aliphatic carbocycles. The maximum Gasteiger partial charge on any atom is 0.328 e. The fourth-order valence-corrected chi connectivity index (χ4v) is 3.66. The minimum absolute atomic E-state index is 0.0293. The van der Waals surface area contributed by atoms with Crippen LogP contribution in [0.2, 0.25) is 0 Å². The number of carbonyl (C=O) groups excluding carboxylic acids is 2. The zero-order valence-electron chi connectivity index (χ0n) is 16.9. The number of ether oxygens (including phenoxy) is 1. The Bertz CT molecular complexity index is 820. The Kier molecular flexibility index (Phi) is 6.49. The molecule has 1 atom stereocenters. The maximum absolute atomic E-state index is 12.3. The van der Waals surface area contributed by atoms with Crippen LogP contribution in [0.3, 0.4) is 0 Å². The van der Waals surface area contributed by atoms with E-state index in [0.29, 0.717) is 0 Å². The standard InChI is InChI=1S/C22H29N3O3/c1-15-13-16(2)25(24-15)20-11-9-18(10-12-20)14-28-22(27)17(3)23-21(26)19-7-5-4-6-8-19/h9-13,17,19H,4-8,14H2,1-3H3,(H,23,26). The zero-order valence-corrected chi connectivity index (χ0v) is 16.9. The summed E-state index contributed by atoms with van der Waals surface area (Å²) in [6.07, 6.45) is 5.19. The lowest BCUT2D eigenvalue weighted by molar-refractivity contribution is -0.149. The Balaban J connectivity index is 1.49. The Morgan fingerprint density at radius 3 is 2.46 bits per heavy atom. The summed E-state index contributed by atoms with van der Waals surface area (Å²) in [6.45, 7) is 5.83. The van der Waals surface area contributed by atoms with Gasteiger partial charge in [0.05, 0.1) is 11.4 Å². The number of esters is 1. The van der Waals surface area contributed by atoms with Gasteiger partial charge in [0.1, 0.15) is 12.6 Å². The highest BCUT2D eigenvalue weighted by atomic mass is 16.5. The molecule has 0 saturated heterocycles. The number of nitrogens with zero attached hydrogens (tertiary/aromatic N) is 2. The predicted molar refractivity (Wildman–Crippen MR) is 107 cm³/mol. The molecule has 1 unspecified atom stereocenters. The molecule has 1 amide bonds. The smallest absolute Gasteiger partial charge is 0.328 e. The molecule has 1 fully saturated rings. The fraction of sp³-hybridized carbons (Fsp3) is 0.500. The van der Waals surface area contributed by atoms with Gasteiger partial charge in [-0.05, 0) is 57.4 Å². The summed E-state index contributed by atoms with van der Waals surface area (Å²) in [5.41, 5.74) is 3.90. The molecular weight excluding hydrogens is 354 g/mol. The van der Waals surface area contributed by atoms with Gasteiger partial charge in [0.15, 0.2) is 0 Å². The molecule has 3 rings (SSSR count). The van der Waals surface area contributed by atoms with Gasteiger partial charge in [0.25, 0.3) is 0 Å². The molecular formula is C22H29N3O3. The molecule has 6 heteroatoms. The summed E-state index contributed by atoms with van der Waals surface area (Å²) >= 11 is 0. The normalized spacial score (nSPS) is 15.8. The molecule has 1 heterocycles. The van der Waals surface area contributed by atoms with Crippen molar-refractivity contribution in [3.63, 3.8) is 0 Å². The summed E-state index contributed by atoms with van der Waals surface area (Å²) in [4.78, 5) is 24.5. The molecule has 0 bridgehead atoms. The molecule has 2 aromatic rings. The van der Waals surface area contributed by atoms with E-state index < -0.39 is 12.0 Å². The number of carbonyl (C=O) groups is 2. The third kappa shape index (κ3) is 5.00. The van der Waals surface area contributed by atoms with E-state index in [2.05, 4.69) is 10.4 Å². The first-order valence-electron chi connectivity index (χ1n) is 10.0. The van der Waals surface area contributed by atoms with Crippen molar-refractivity contribution in [2.24, 2.45) is 5.92 Å². The third-order valence-corrected chi connectivity index (χ3v) is 5.26. The fourth-order valence-electron chi connectivity index (χ4n) is 3.66. The van der Waals surface area contributed by atoms with E-state index in [4.69, 9.17) is 4.74 Å². The van der Waals surface area contributed by atoms with Crippen LogP contribution in [0.4, 0.5) is 0 Å². The van der Waals surface area contributed by atoms with Gasteiger partial charge in [0, 0.05) is 11.6 Å². The van der Waals surface area contributed by atoms with E-state index in [0.717, 1.165) is 48.3 Å². The molecule has 1 N–H and O–H groups in total. The number of nitrogens with one attached hydrogen (secondary N) is 1. The summed E-state index contributed by atoms with van der Waals surface area (Å²) < 4.78 is 7.26. The molecule has 0 spiro atoms. The maximum atomic E-state index is 12.3. The Labute approximate surface area is 166 Å². The van der Waals surface area contributed by atoms with Crippen molar-refractivity contribution in [3.8, 4) is 5.69 Å². The molecule has 1 aromatic heterocycles. The van der Waals surface area contributed by atoms with E-state index in [-0.39, 0.29) is 18.4 Å². The predicted octanol–water partition coefficient (Wildman–Crippen LogP) is 3.62. The Hall–Kier alpha value is -2.63. The zero-order chi connectivity index (χ0) is 20.1. The van der Waals surface area contributed by atoms with Gasteiger partial charge in [0.2, 0.25) is 5.91 Å². The topological polar surface area (TPSA) is 73.2 Å². The SMILES string of the molecule is Cc1cc(C)n(-c2ccc(COC(=O)C(C)NC(=O)C3CCCCC3)cc2)n1. The number of aryl methyl sites for hydroxylation is 2. The lowest BCUT2D eigenvalue weighted by Gasteiger charge is -2.22. The van der Waals surface area contributed by atoms with Crippen molar-refractivity contribution >= 4 is 11.9 Å². The van der Waals surface area contributed by atoms with Crippen LogP contribution in [0.15, 0.2) is 30.3 Å². The highest BCUT2D eigenvalue weighted by molar-refractivity contribution is 5.85. The van der Waals surface area contributed by atoms with Crippen LogP contribution in [-0.2, 0) is 20.9 Å². The summed E-state index contributed by atoms with van der Waals surface area (Å²) in [7, 11) is 0. The molecule has 1 aromatic carbocycles. The first kappa shape index (κ1) is 20.1. The van der Waals surface area contributed by atoms with Crippen LogP contribution in [0.25, 0.3) is 5.69 Å². The minimum Gasteiger partial charge on any atom is -0.459 e. The first-order chi connectivity index (χ1) is 13.4. The van der Waals surface area contributed by atoms with Gasteiger partial charge in [-0.15, -0.1) is 0 Å². The van der Waals surface area contributed by atoms with Crippen LogP contribution in [0.1, 0.15) is 56.0 Å².